The van der Waals surface area contributed by atoms with Crippen molar-refractivity contribution in [3.05, 3.63) is 40.4 Å². The van der Waals surface area contributed by atoms with Gasteiger partial charge in [-0.15, -0.1) is 0 Å². The van der Waals surface area contributed by atoms with Crippen molar-refractivity contribution >= 4 is 11.5 Å². The number of hydrogen-bond acceptors (Lipinski definition) is 6. The Morgan fingerprint density at radius 1 is 1.21 bits per heavy atom. The van der Waals surface area contributed by atoms with E-state index in [-0.39, 0.29) is 0 Å². The van der Waals surface area contributed by atoms with Gasteiger partial charge in [0.25, 0.3) is 0 Å². The molecule has 2 aromatic rings. The van der Waals surface area contributed by atoms with Crippen LogP contribution in [-0.4, -0.2) is 29.1 Å². The Morgan fingerprint density at radius 2 is 1.97 bits per heavy atom. The molecule has 1 aromatic heterocycles. The van der Waals surface area contributed by atoms with Crippen LogP contribution < -0.4 is 26.8 Å². The first-order valence-corrected chi connectivity index (χ1v) is 10.7. The minimum atomic E-state index is -0.397. The average Bonchev–Trinajstić information content (AvgIpc) is 2.75. The van der Waals surface area contributed by atoms with Crippen LogP contribution in [0.2, 0.25) is 0 Å². The monoisotopic (exact) mass is 401 g/mol. The lowest BCUT2D eigenvalue weighted by Gasteiger charge is -2.22. The van der Waals surface area contributed by atoms with Gasteiger partial charge in [0.05, 0.1) is 11.9 Å². The smallest absolute Gasteiger partial charge is 0.346 e. The minimum absolute atomic E-state index is 0.397. The van der Waals surface area contributed by atoms with Gasteiger partial charge in [0.2, 0.25) is 0 Å². The van der Waals surface area contributed by atoms with Crippen LogP contribution in [0.25, 0.3) is 0 Å². The number of nitrogens with zero attached hydrogens (tertiary/aromatic N) is 1. The fraction of sp³-hybridized carbons (Fsp3) is 0.545. The van der Waals surface area contributed by atoms with Gasteiger partial charge in [-0.2, -0.15) is 4.98 Å². The highest BCUT2D eigenvalue weighted by Gasteiger charge is 2.17. The van der Waals surface area contributed by atoms with Crippen molar-refractivity contribution in [3.8, 4) is 11.5 Å². The molecule has 2 heterocycles. The van der Waals surface area contributed by atoms with Gasteiger partial charge < -0.3 is 21.1 Å². The molecule has 0 unspecified atom stereocenters. The third kappa shape index (κ3) is 7.18. The second kappa shape index (κ2) is 12.2. The molecule has 5 N–H and O–H groups in total. The molecule has 1 fully saturated rings. The Bertz CT molecular complexity index is 800. The molecule has 7 heteroatoms. The van der Waals surface area contributed by atoms with Gasteiger partial charge in [0, 0.05) is 6.04 Å². The first-order chi connectivity index (χ1) is 14.2. The first-order valence-electron chi connectivity index (χ1n) is 10.7. The van der Waals surface area contributed by atoms with Crippen LogP contribution in [0.1, 0.15) is 57.9 Å². The largest absolute Gasteiger partial charge is 0.450 e. The van der Waals surface area contributed by atoms with Crippen molar-refractivity contribution in [1.82, 2.24) is 15.3 Å². The molecule has 7 nitrogen and oxygen atoms in total. The van der Waals surface area contributed by atoms with Crippen molar-refractivity contribution in [2.24, 2.45) is 5.73 Å². The molecule has 0 bridgehead atoms. The van der Waals surface area contributed by atoms with E-state index in [9.17, 15) is 4.79 Å². The standard InChI is InChI=1S/C11H9N3O2.C9H20N2.C2H6/c1-6-2-3-8-7(4-6)13-10-9(16-8)5-12-11(15)14-10;10-7-4-8-11-9-5-2-1-3-6-9;1-2/h2-5H,1H3,(H2,12,13,14,15);9,11H,1-8,10H2;1-2H3. The van der Waals surface area contributed by atoms with E-state index < -0.39 is 5.69 Å². The summed E-state index contributed by atoms with van der Waals surface area (Å²) in [6.45, 7) is 7.92. The number of hydrogen-bond donors (Lipinski definition) is 4. The molecule has 0 saturated heterocycles. The summed E-state index contributed by atoms with van der Waals surface area (Å²) >= 11 is 0. The fourth-order valence-corrected chi connectivity index (χ4v) is 3.35. The molecule has 0 amide bonds. The number of nitrogens with two attached hydrogens (primary N) is 1. The zero-order valence-electron chi connectivity index (χ0n) is 17.9. The molecular formula is C22H35N5O2. The third-order valence-corrected chi connectivity index (χ3v) is 4.81. The zero-order chi connectivity index (χ0) is 21.1. The molecular weight excluding hydrogens is 366 g/mol. The number of nitrogens with one attached hydrogen (secondary N) is 3. The van der Waals surface area contributed by atoms with Crippen LogP contribution in [0.5, 0.6) is 11.5 Å². The lowest BCUT2D eigenvalue weighted by atomic mass is 9.95. The molecule has 29 heavy (non-hydrogen) atoms. The topological polar surface area (TPSA) is 105 Å². The number of aromatic amines is 1. The van der Waals surface area contributed by atoms with E-state index in [1.807, 2.05) is 39.0 Å². The number of fused-ring (bicyclic) bond motifs is 2. The van der Waals surface area contributed by atoms with Crippen LogP contribution in [0.15, 0.2) is 29.2 Å². The summed E-state index contributed by atoms with van der Waals surface area (Å²) in [6, 6.07) is 6.60. The summed E-state index contributed by atoms with van der Waals surface area (Å²) in [5.41, 5.74) is 6.97. The molecule has 1 aliphatic carbocycles. The molecule has 1 aliphatic heterocycles. The number of aryl methyl sites for hydroxylation is 1. The van der Waals surface area contributed by atoms with E-state index in [0.717, 1.165) is 42.6 Å². The number of aromatic nitrogens is 2. The Morgan fingerprint density at radius 3 is 2.69 bits per heavy atom. The second-order valence-electron chi connectivity index (χ2n) is 7.09. The molecule has 0 atom stereocenters. The molecule has 0 spiro atoms. The summed E-state index contributed by atoms with van der Waals surface area (Å²) in [7, 11) is 0. The van der Waals surface area contributed by atoms with Gasteiger partial charge in [-0.3, -0.25) is 4.98 Å². The number of H-pyrrole nitrogens is 1. The number of benzene rings is 1. The molecule has 1 saturated carbocycles. The molecule has 0 radical (unpaired) electrons. The number of anilines is 2. The van der Waals surface area contributed by atoms with E-state index in [4.69, 9.17) is 10.5 Å². The van der Waals surface area contributed by atoms with E-state index in [1.54, 1.807) is 0 Å². The minimum Gasteiger partial charge on any atom is -0.450 e. The highest BCUT2D eigenvalue weighted by atomic mass is 16.5. The highest BCUT2D eigenvalue weighted by molar-refractivity contribution is 5.72. The second-order valence-corrected chi connectivity index (χ2v) is 7.09. The molecule has 160 valence electrons. The highest BCUT2D eigenvalue weighted by Crippen LogP contribution is 2.39. The number of rotatable bonds is 4. The lowest BCUT2D eigenvalue weighted by Crippen LogP contribution is -2.32. The quantitative estimate of drug-likeness (QED) is 0.488. The fourth-order valence-electron chi connectivity index (χ4n) is 3.35. The van der Waals surface area contributed by atoms with E-state index in [2.05, 4.69) is 20.6 Å². The average molecular weight is 402 g/mol. The number of ether oxygens (including phenoxy) is 1. The Hall–Kier alpha value is -2.38. The predicted molar refractivity (Wildman–Crippen MR) is 119 cm³/mol. The van der Waals surface area contributed by atoms with Gasteiger partial charge in [-0.1, -0.05) is 39.2 Å². The summed E-state index contributed by atoms with van der Waals surface area (Å²) < 4.78 is 5.59. The normalized spacial score (nSPS) is 14.6. The first kappa shape index (κ1) is 22.9. The maximum atomic E-state index is 11.1. The third-order valence-electron chi connectivity index (χ3n) is 4.81. The van der Waals surface area contributed by atoms with Crippen molar-refractivity contribution in [2.45, 2.75) is 65.3 Å². The Labute approximate surface area is 173 Å². The van der Waals surface area contributed by atoms with Crippen molar-refractivity contribution in [1.29, 1.82) is 0 Å². The zero-order valence-corrected chi connectivity index (χ0v) is 17.9. The van der Waals surface area contributed by atoms with Crippen LogP contribution in [-0.2, 0) is 0 Å². The van der Waals surface area contributed by atoms with Gasteiger partial charge in [0.15, 0.2) is 17.3 Å². The summed E-state index contributed by atoms with van der Waals surface area (Å²) in [5, 5.41) is 6.64. The molecule has 2 aliphatic rings. The van der Waals surface area contributed by atoms with Gasteiger partial charge in [-0.25, -0.2) is 4.79 Å². The predicted octanol–water partition coefficient (Wildman–Crippen LogP) is 4.21. The van der Waals surface area contributed by atoms with E-state index >= 15 is 0 Å². The molecule has 4 rings (SSSR count). The summed E-state index contributed by atoms with van der Waals surface area (Å²) in [6.07, 6.45) is 9.56. The maximum absolute atomic E-state index is 11.1. The summed E-state index contributed by atoms with van der Waals surface area (Å²) in [4.78, 5) is 17.3. The van der Waals surface area contributed by atoms with Gasteiger partial charge in [-0.05, 0) is 57.0 Å². The Kier molecular flexibility index (Phi) is 9.67. The van der Waals surface area contributed by atoms with Crippen LogP contribution in [0.4, 0.5) is 11.5 Å². The lowest BCUT2D eigenvalue weighted by molar-refractivity contribution is 0.373. The van der Waals surface area contributed by atoms with Crippen molar-refractivity contribution in [2.75, 3.05) is 18.4 Å². The van der Waals surface area contributed by atoms with Crippen LogP contribution >= 0.6 is 0 Å². The molecule has 1 aromatic carbocycles. The van der Waals surface area contributed by atoms with Crippen LogP contribution in [0, 0.1) is 6.92 Å². The SMILES string of the molecule is CC.Cc1ccc2c(c1)Nc1[nH]c(=O)ncc1O2.NCCCNC1CCCCC1. The maximum Gasteiger partial charge on any atom is 0.346 e. The van der Waals surface area contributed by atoms with Crippen molar-refractivity contribution in [3.63, 3.8) is 0 Å². The van der Waals surface area contributed by atoms with Gasteiger partial charge in [0.1, 0.15) is 0 Å². The van der Waals surface area contributed by atoms with Gasteiger partial charge >= 0.3 is 5.69 Å². The van der Waals surface area contributed by atoms with Crippen LogP contribution in [0.3, 0.4) is 0 Å². The Balaban J connectivity index is 0.000000203. The summed E-state index contributed by atoms with van der Waals surface area (Å²) in [5.74, 6) is 1.79. The van der Waals surface area contributed by atoms with E-state index in [0.29, 0.717) is 11.6 Å². The van der Waals surface area contributed by atoms with Crippen molar-refractivity contribution < 1.29 is 4.74 Å². The van der Waals surface area contributed by atoms with E-state index in [1.165, 1.54) is 38.3 Å².